The minimum Gasteiger partial charge on any atom is -0.372 e. The van der Waals surface area contributed by atoms with Crippen molar-refractivity contribution in [3.8, 4) is 0 Å². The third kappa shape index (κ3) is 2.72. The van der Waals surface area contributed by atoms with Crippen LogP contribution in [0.4, 0.5) is 5.82 Å². The first-order valence-corrected chi connectivity index (χ1v) is 5.96. The van der Waals surface area contributed by atoms with Crippen LogP contribution in [0.25, 0.3) is 0 Å². The molecule has 1 amide bonds. The van der Waals surface area contributed by atoms with Gasteiger partial charge in [-0.25, -0.2) is 9.97 Å². The Kier molecular flexibility index (Phi) is 3.56. The van der Waals surface area contributed by atoms with E-state index in [2.05, 4.69) is 15.3 Å². The molecule has 0 unspecified atom stereocenters. The Bertz CT molecular complexity index is 386. The van der Waals surface area contributed by atoms with Crippen molar-refractivity contribution in [1.29, 1.82) is 0 Å². The van der Waals surface area contributed by atoms with Gasteiger partial charge in [0.15, 0.2) is 0 Å². The van der Waals surface area contributed by atoms with Crippen molar-refractivity contribution >= 4 is 11.7 Å². The number of rotatable bonds is 4. The maximum Gasteiger partial charge on any atom is 0.273 e. The van der Waals surface area contributed by atoms with E-state index in [0.29, 0.717) is 17.4 Å². The zero-order valence-electron chi connectivity index (χ0n) is 10.3. The summed E-state index contributed by atoms with van der Waals surface area (Å²) in [6.45, 7) is 0.828. The third-order valence-corrected chi connectivity index (χ3v) is 3.23. The lowest BCUT2D eigenvalue weighted by atomic mass is 9.85. The summed E-state index contributed by atoms with van der Waals surface area (Å²) in [6.07, 6.45) is 6.86. The predicted molar refractivity (Wildman–Crippen MR) is 65.9 cm³/mol. The summed E-state index contributed by atoms with van der Waals surface area (Å²) in [5, 5.41) is 2.87. The number of anilines is 1. The molecule has 1 aliphatic rings. The summed E-state index contributed by atoms with van der Waals surface area (Å²) in [5.74, 6) is 1.30. The Labute approximate surface area is 101 Å². The first kappa shape index (κ1) is 11.8. The van der Waals surface area contributed by atoms with Crippen molar-refractivity contribution in [3.63, 3.8) is 0 Å². The van der Waals surface area contributed by atoms with E-state index in [0.717, 1.165) is 6.54 Å². The van der Waals surface area contributed by atoms with Gasteiger partial charge in [-0.2, -0.15) is 0 Å². The highest BCUT2D eigenvalue weighted by atomic mass is 16.2. The van der Waals surface area contributed by atoms with E-state index in [-0.39, 0.29) is 5.91 Å². The second-order valence-electron chi connectivity index (χ2n) is 4.52. The quantitative estimate of drug-likeness (QED) is 0.855. The molecule has 1 saturated carbocycles. The van der Waals surface area contributed by atoms with E-state index in [1.807, 2.05) is 7.05 Å². The predicted octanol–water partition coefficient (Wildman–Crippen LogP) is 1.39. The van der Waals surface area contributed by atoms with Gasteiger partial charge in [-0.3, -0.25) is 4.79 Å². The highest BCUT2D eigenvalue weighted by Gasteiger charge is 2.22. The summed E-state index contributed by atoms with van der Waals surface area (Å²) in [5.41, 5.74) is 0.408. The van der Waals surface area contributed by atoms with Gasteiger partial charge in [-0.15, -0.1) is 0 Å². The molecule has 0 saturated heterocycles. The van der Waals surface area contributed by atoms with Crippen LogP contribution in [0.5, 0.6) is 0 Å². The lowest BCUT2D eigenvalue weighted by molar-refractivity contribution is 0.0739. The first-order chi connectivity index (χ1) is 8.20. The van der Waals surface area contributed by atoms with Gasteiger partial charge in [0.1, 0.15) is 11.5 Å². The Morgan fingerprint density at radius 3 is 2.71 bits per heavy atom. The highest BCUT2D eigenvalue weighted by Crippen LogP contribution is 2.26. The Morgan fingerprint density at radius 2 is 2.24 bits per heavy atom. The van der Waals surface area contributed by atoms with Crippen LogP contribution >= 0.6 is 0 Å². The van der Waals surface area contributed by atoms with E-state index in [4.69, 9.17) is 0 Å². The molecule has 0 radical (unpaired) electrons. The van der Waals surface area contributed by atoms with Gasteiger partial charge in [0.2, 0.25) is 0 Å². The molecule has 1 N–H and O–H groups in total. The molecule has 0 atom stereocenters. The minimum atomic E-state index is -0.0490. The largest absolute Gasteiger partial charge is 0.372 e. The number of nitrogens with zero attached hydrogens (tertiary/aromatic N) is 3. The lowest BCUT2D eigenvalue weighted by Crippen LogP contribution is -2.34. The molecule has 2 rings (SSSR count). The molecule has 1 aromatic rings. The average molecular weight is 234 g/mol. The van der Waals surface area contributed by atoms with E-state index in [1.54, 1.807) is 18.1 Å². The molecule has 1 aliphatic carbocycles. The minimum absolute atomic E-state index is 0.0490. The Hall–Kier alpha value is -1.65. The van der Waals surface area contributed by atoms with Crippen molar-refractivity contribution in [2.75, 3.05) is 26.0 Å². The molecule has 0 bridgehead atoms. The van der Waals surface area contributed by atoms with Crippen molar-refractivity contribution in [3.05, 3.63) is 18.1 Å². The number of amides is 1. The Balaban J connectivity index is 1.96. The second kappa shape index (κ2) is 5.12. The zero-order valence-corrected chi connectivity index (χ0v) is 10.3. The monoisotopic (exact) mass is 234 g/mol. The molecule has 92 valence electrons. The molecule has 0 aliphatic heterocycles. The van der Waals surface area contributed by atoms with Crippen LogP contribution in [0.15, 0.2) is 12.4 Å². The van der Waals surface area contributed by atoms with E-state index in [9.17, 15) is 4.79 Å². The van der Waals surface area contributed by atoms with Crippen molar-refractivity contribution in [2.24, 2.45) is 5.92 Å². The van der Waals surface area contributed by atoms with Gasteiger partial charge < -0.3 is 10.2 Å². The van der Waals surface area contributed by atoms with Crippen LogP contribution in [-0.2, 0) is 0 Å². The van der Waals surface area contributed by atoms with Gasteiger partial charge in [0.25, 0.3) is 5.91 Å². The van der Waals surface area contributed by atoms with Crippen LogP contribution < -0.4 is 5.32 Å². The maximum absolute atomic E-state index is 12.0. The first-order valence-electron chi connectivity index (χ1n) is 5.96. The normalized spacial score (nSPS) is 15.2. The fraction of sp³-hybridized carbons (Fsp3) is 0.583. The standard InChI is InChI=1S/C12H18N4O/c1-13-11-7-14-10(6-15-11)12(17)16(2)8-9-4-3-5-9/h6-7,9H,3-5,8H2,1-2H3,(H,13,15). The molecular formula is C12H18N4O. The number of hydrogen-bond acceptors (Lipinski definition) is 4. The highest BCUT2D eigenvalue weighted by molar-refractivity contribution is 5.91. The zero-order chi connectivity index (χ0) is 12.3. The molecule has 0 aromatic carbocycles. The summed E-state index contributed by atoms with van der Waals surface area (Å²) < 4.78 is 0. The van der Waals surface area contributed by atoms with Crippen LogP contribution in [0.1, 0.15) is 29.8 Å². The maximum atomic E-state index is 12.0. The molecular weight excluding hydrogens is 216 g/mol. The number of hydrogen-bond donors (Lipinski definition) is 1. The third-order valence-electron chi connectivity index (χ3n) is 3.23. The number of nitrogens with one attached hydrogen (secondary N) is 1. The summed E-state index contributed by atoms with van der Waals surface area (Å²) >= 11 is 0. The number of carbonyl (C=O) groups excluding carboxylic acids is 1. The van der Waals surface area contributed by atoms with E-state index >= 15 is 0 Å². The van der Waals surface area contributed by atoms with Gasteiger partial charge >= 0.3 is 0 Å². The van der Waals surface area contributed by atoms with Gasteiger partial charge in [0.05, 0.1) is 12.4 Å². The molecule has 5 nitrogen and oxygen atoms in total. The smallest absolute Gasteiger partial charge is 0.273 e. The van der Waals surface area contributed by atoms with Crippen molar-refractivity contribution < 1.29 is 4.79 Å². The van der Waals surface area contributed by atoms with Gasteiger partial charge in [0, 0.05) is 20.6 Å². The fourth-order valence-corrected chi connectivity index (χ4v) is 1.91. The number of aromatic nitrogens is 2. The van der Waals surface area contributed by atoms with Crippen LogP contribution in [0, 0.1) is 5.92 Å². The number of carbonyl (C=O) groups is 1. The fourth-order valence-electron chi connectivity index (χ4n) is 1.91. The molecule has 5 heteroatoms. The van der Waals surface area contributed by atoms with Gasteiger partial charge in [-0.05, 0) is 18.8 Å². The summed E-state index contributed by atoms with van der Waals surface area (Å²) in [7, 11) is 3.60. The van der Waals surface area contributed by atoms with Crippen molar-refractivity contribution in [2.45, 2.75) is 19.3 Å². The molecule has 0 spiro atoms. The topological polar surface area (TPSA) is 58.1 Å². The van der Waals surface area contributed by atoms with E-state index < -0.39 is 0 Å². The molecule has 1 heterocycles. The molecule has 1 aromatic heterocycles. The van der Waals surface area contributed by atoms with Crippen LogP contribution in [0.3, 0.4) is 0 Å². The summed E-state index contributed by atoms with van der Waals surface area (Å²) in [4.78, 5) is 22.0. The lowest BCUT2D eigenvalue weighted by Gasteiger charge is -2.29. The van der Waals surface area contributed by atoms with Crippen LogP contribution in [0.2, 0.25) is 0 Å². The summed E-state index contributed by atoms with van der Waals surface area (Å²) in [6, 6.07) is 0. The SMILES string of the molecule is CNc1cnc(C(=O)N(C)CC2CCC2)cn1. The second-order valence-corrected chi connectivity index (χ2v) is 4.52. The van der Waals surface area contributed by atoms with E-state index in [1.165, 1.54) is 25.5 Å². The van der Waals surface area contributed by atoms with Gasteiger partial charge in [-0.1, -0.05) is 6.42 Å². The molecule has 17 heavy (non-hydrogen) atoms. The van der Waals surface area contributed by atoms with Crippen molar-refractivity contribution in [1.82, 2.24) is 14.9 Å². The Morgan fingerprint density at radius 1 is 1.47 bits per heavy atom. The van der Waals surface area contributed by atoms with Crippen LogP contribution in [-0.4, -0.2) is 41.4 Å². The molecule has 1 fully saturated rings. The average Bonchev–Trinajstić information content (AvgIpc) is 2.32.